The van der Waals surface area contributed by atoms with Gasteiger partial charge in [0.15, 0.2) is 18.3 Å². The zero-order valence-electron chi connectivity index (χ0n) is 15.7. The molecule has 0 aliphatic heterocycles. The molecule has 144 valence electrons. The van der Waals surface area contributed by atoms with E-state index in [1.807, 2.05) is 48.6 Å². The van der Waals surface area contributed by atoms with Gasteiger partial charge in [0.2, 0.25) is 0 Å². The normalized spacial score (nSPS) is 11.8. The Morgan fingerprint density at radius 1 is 1.14 bits per heavy atom. The highest BCUT2D eigenvalue weighted by Gasteiger charge is 2.23. The van der Waals surface area contributed by atoms with E-state index < -0.39 is 4.92 Å². The molecule has 3 aromatic rings. The lowest BCUT2D eigenvalue weighted by atomic mass is 10.0. The number of anilines is 1. The summed E-state index contributed by atoms with van der Waals surface area (Å²) in [6.45, 7) is 3.70. The molecule has 28 heavy (non-hydrogen) atoms. The van der Waals surface area contributed by atoms with Crippen molar-refractivity contribution >= 4 is 17.3 Å². The predicted octanol–water partition coefficient (Wildman–Crippen LogP) is 3.10. The first kappa shape index (κ1) is 19.3. The maximum Gasteiger partial charge on any atom is 0.293 e. The van der Waals surface area contributed by atoms with E-state index in [-0.39, 0.29) is 29.9 Å². The van der Waals surface area contributed by atoms with E-state index in [9.17, 15) is 14.9 Å². The molecule has 0 unspecified atom stereocenters. The second-order valence-electron chi connectivity index (χ2n) is 6.55. The summed E-state index contributed by atoms with van der Waals surface area (Å²) in [5.41, 5.74) is 2.71. The van der Waals surface area contributed by atoms with Crippen molar-refractivity contribution in [2.24, 2.45) is 0 Å². The second-order valence-corrected chi connectivity index (χ2v) is 6.55. The van der Waals surface area contributed by atoms with Gasteiger partial charge >= 0.3 is 0 Å². The molecular formula is C21H22N3O4+. The van der Waals surface area contributed by atoms with Gasteiger partial charge in [-0.3, -0.25) is 14.9 Å². The van der Waals surface area contributed by atoms with Gasteiger partial charge in [-0.25, -0.2) is 0 Å². The number of aryl methyl sites for hydroxylation is 1. The number of hydrogen-bond acceptors (Lipinski definition) is 4. The number of hydrogen-bond donors (Lipinski definition) is 2. The molecule has 0 aliphatic rings. The third kappa shape index (κ3) is 4.27. The van der Waals surface area contributed by atoms with Crippen molar-refractivity contribution in [3.63, 3.8) is 0 Å². The minimum absolute atomic E-state index is 0.0881. The highest BCUT2D eigenvalue weighted by atomic mass is 16.6. The van der Waals surface area contributed by atoms with Crippen LogP contribution in [0.3, 0.4) is 0 Å². The SMILES string of the molecule is Cc1ccc([N+](=O)[O-])c(NC(=O)C[NH2+][C@@H](c2ccccc2)c2ccco2)c1C. The molecule has 1 heterocycles. The van der Waals surface area contributed by atoms with Crippen LogP contribution in [-0.4, -0.2) is 17.4 Å². The number of nitro benzene ring substituents is 1. The summed E-state index contributed by atoms with van der Waals surface area (Å²) in [7, 11) is 0. The molecule has 0 radical (unpaired) electrons. The number of benzene rings is 2. The summed E-state index contributed by atoms with van der Waals surface area (Å²) in [6.07, 6.45) is 1.60. The van der Waals surface area contributed by atoms with Gasteiger partial charge in [0.05, 0.1) is 11.2 Å². The molecule has 2 aromatic carbocycles. The Labute approximate surface area is 162 Å². The van der Waals surface area contributed by atoms with Gasteiger partial charge < -0.3 is 15.1 Å². The summed E-state index contributed by atoms with van der Waals surface area (Å²) >= 11 is 0. The Bertz CT molecular complexity index is 969. The quantitative estimate of drug-likeness (QED) is 0.486. The van der Waals surface area contributed by atoms with Crippen LogP contribution in [0.25, 0.3) is 0 Å². The van der Waals surface area contributed by atoms with E-state index >= 15 is 0 Å². The fourth-order valence-corrected chi connectivity index (χ4v) is 3.07. The van der Waals surface area contributed by atoms with Gasteiger partial charge in [-0.2, -0.15) is 0 Å². The zero-order valence-corrected chi connectivity index (χ0v) is 15.7. The third-order valence-corrected chi connectivity index (χ3v) is 4.72. The van der Waals surface area contributed by atoms with Crippen LogP contribution in [0.1, 0.15) is 28.5 Å². The summed E-state index contributed by atoms with van der Waals surface area (Å²) in [5, 5.41) is 15.9. The summed E-state index contributed by atoms with van der Waals surface area (Å²) in [5.74, 6) is 0.418. The van der Waals surface area contributed by atoms with Crippen molar-refractivity contribution in [2.45, 2.75) is 19.9 Å². The molecule has 7 nitrogen and oxygen atoms in total. The Morgan fingerprint density at radius 2 is 1.89 bits per heavy atom. The molecule has 1 atom stereocenters. The van der Waals surface area contributed by atoms with E-state index in [4.69, 9.17) is 4.42 Å². The molecule has 0 bridgehead atoms. The lowest BCUT2D eigenvalue weighted by Gasteiger charge is -2.15. The molecule has 3 rings (SSSR count). The van der Waals surface area contributed by atoms with E-state index in [1.54, 1.807) is 25.3 Å². The molecule has 0 saturated heterocycles. The zero-order chi connectivity index (χ0) is 20.1. The topological polar surface area (TPSA) is 102 Å². The first-order valence-corrected chi connectivity index (χ1v) is 8.93. The molecule has 0 saturated carbocycles. The van der Waals surface area contributed by atoms with Crippen LogP contribution in [0.4, 0.5) is 11.4 Å². The third-order valence-electron chi connectivity index (χ3n) is 4.72. The monoisotopic (exact) mass is 380 g/mol. The van der Waals surface area contributed by atoms with Crippen molar-refractivity contribution in [2.75, 3.05) is 11.9 Å². The molecule has 1 aromatic heterocycles. The highest BCUT2D eigenvalue weighted by Crippen LogP contribution is 2.30. The first-order valence-electron chi connectivity index (χ1n) is 8.93. The fraction of sp³-hybridized carbons (Fsp3) is 0.190. The van der Waals surface area contributed by atoms with Crippen molar-refractivity contribution < 1.29 is 19.5 Å². The van der Waals surface area contributed by atoms with Gasteiger partial charge in [-0.05, 0) is 37.1 Å². The average molecular weight is 380 g/mol. The number of nitrogens with one attached hydrogen (secondary N) is 1. The van der Waals surface area contributed by atoms with Crippen LogP contribution >= 0.6 is 0 Å². The minimum atomic E-state index is -0.485. The number of carbonyl (C=O) groups excluding carboxylic acids is 1. The van der Waals surface area contributed by atoms with Crippen molar-refractivity contribution in [1.82, 2.24) is 0 Å². The highest BCUT2D eigenvalue weighted by molar-refractivity contribution is 5.94. The van der Waals surface area contributed by atoms with Crippen molar-refractivity contribution in [3.05, 3.63) is 93.4 Å². The fourth-order valence-electron chi connectivity index (χ4n) is 3.07. The lowest BCUT2D eigenvalue weighted by molar-refractivity contribution is -0.678. The molecule has 0 spiro atoms. The molecule has 7 heteroatoms. The Balaban J connectivity index is 1.76. The van der Waals surface area contributed by atoms with Crippen molar-refractivity contribution in [1.29, 1.82) is 0 Å². The van der Waals surface area contributed by atoms with E-state index in [0.717, 1.165) is 16.9 Å². The maximum absolute atomic E-state index is 12.6. The molecule has 0 aliphatic carbocycles. The van der Waals surface area contributed by atoms with Crippen LogP contribution in [0.15, 0.2) is 65.3 Å². The number of nitro groups is 1. The Hall–Kier alpha value is -3.45. The van der Waals surface area contributed by atoms with Gasteiger partial charge in [-0.1, -0.05) is 36.4 Å². The number of amides is 1. The Morgan fingerprint density at radius 3 is 2.54 bits per heavy atom. The number of rotatable bonds is 7. The molecular weight excluding hydrogens is 358 g/mol. The van der Waals surface area contributed by atoms with Gasteiger partial charge in [0.1, 0.15) is 5.69 Å². The number of furan rings is 1. The van der Waals surface area contributed by atoms with Gasteiger partial charge in [0.25, 0.3) is 11.6 Å². The van der Waals surface area contributed by atoms with E-state index in [0.29, 0.717) is 5.56 Å². The van der Waals surface area contributed by atoms with Crippen LogP contribution < -0.4 is 10.6 Å². The second kappa shape index (κ2) is 8.49. The number of carbonyl (C=O) groups is 1. The van der Waals surface area contributed by atoms with Crippen LogP contribution in [0.2, 0.25) is 0 Å². The standard InChI is InChI=1S/C21H21N3O4/c1-14-10-11-17(24(26)27)20(15(14)2)23-19(25)13-22-21(18-9-6-12-28-18)16-7-4-3-5-8-16/h3-12,21-22H,13H2,1-2H3,(H,23,25)/p+1/t21-/m0/s1. The summed E-state index contributed by atoms with van der Waals surface area (Å²) < 4.78 is 5.53. The van der Waals surface area contributed by atoms with E-state index in [2.05, 4.69) is 5.32 Å². The summed E-state index contributed by atoms with van der Waals surface area (Å²) in [6, 6.07) is 16.3. The average Bonchev–Trinajstić information content (AvgIpc) is 3.21. The van der Waals surface area contributed by atoms with Gasteiger partial charge in [-0.15, -0.1) is 0 Å². The van der Waals surface area contributed by atoms with Crippen LogP contribution in [0.5, 0.6) is 0 Å². The predicted molar refractivity (Wildman–Crippen MR) is 105 cm³/mol. The number of nitrogens with two attached hydrogens (primary N) is 1. The molecule has 1 amide bonds. The largest absolute Gasteiger partial charge is 0.463 e. The lowest BCUT2D eigenvalue weighted by Crippen LogP contribution is -2.87. The van der Waals surface area contributed by atoms with Crippen LogP contribution in [0, 0.1) is 24.0 Å². The number of quaternary nitrogens is 1. The van der Waals surface area contributed by atoms with E-state index in [1.165, 1.54) is 6.07 Å². The minimum Gasteiger partial charge on any atom is -0.463 e. The molecule has 0 fully saturated rings. The summed E-state index contributed by atoms with van der Waals surface area (Å²) in [4.78, 5) is 23.4. The van der Waals surface area contributed by atoms with Gasteiger partial charge in [0, 0.05) is 11.6 Å². The molecule has 3 N–H and O–H groups in total. The smallest absolute Gasteiger partial charge is 0.293 e. The maximum atomic E-state index is 12.6. The number of nitrogens with zero attached hydrogens (tertiary/aromatic N) is 1. The van der Waals surface area contributed by atoms with Crippen molar-refractivity contribution in [3.8, 4) is 0 Å². The first-order chi connectivity index (χ1) is 13.5. The Kier molecular flexibility index (Phi) is 5.86. The van der Waals surface area contributed by atoms with Crippen LogP contribution in [-0.2, 0) is 4.79 Å².